The lowest BCUT2D eigenvalue weighted by Gasteiger charge is -2.43. The molecule has 1 aromatic rings. The van der Waals surface area contributed by atoms with Crippen LogP contribution >= 0.6 is 0 Å². The van der Waals surface area contributed by atoms with E-state index in [9.17, 15) is 30.3 Å². The van der Waals surface area contributed by atoms with E-state index in [1.807, 2.05) is 0 Å². The smallest absolute Gasteiger partial charge is 0.331 e. The molecule has 2 aliphatic rings. The molecule has 1 aliphatic carbocycles. The van der Waals surface area contributed by atoms with Gasteiger partial charge in [-0.1, -0.05) is 25.0 Å². The first-order valence-corrected chi connectivity index (χ1v) is 10.0. The van der Waals surface area contributed by atoms with Gasteiger partial charge in [0.1, 0.15) is 24.1 Å². The SMILES string of the molecule is O=C(C=Cc1ccc(O)cc1)O[C@@H]1[C@H](O[C@@H]2CCCC[C@@H]2O)O[C@H](CO)[C@@H](O)[C@@H]1O. The minimum atomic E-state index is -1.55. The lowest BCUT2D eigenvalue weighted by atomic mass is 9.94. The number of aliphatic hydroxyl groups excluding tert-OH is 4. The van der Waals surface area contributed by atoms with Crippen molar-refractivity contribution in [1.82, 2.24) is 0 Å². The third kappa shape index (κ3) is 5.57. The van der Waals surface area contributed by atoms with Crippen molar-refractivity contribution in [3.05, 3.63) is 35.9 Å². The molecule has 0 radical (unpaired) electrons. The Morgan fingerprint density at radius 2 is 1.80 bits per heavy atom. The maximum atomic E-state index is 12.3. The van der Waals surface area contributed by atoms with Gasteiger partial charge in [-0.2, -0.15) is 0 Å². The largest absolute Gasteiger partial charge is 0.508 e. The summed E-state index contributed by atoms with van der Waals surface area (Å²) in [5, 5.41) is 49.5. The molecule has 0 unspecified atom stereocenters. The number of esters is 1. The van der Waals surface area contributed by atoms with Crippen LogP contribution < -0.4 is 0 Å². The summed E-state index contributed by atoms with van der Waals surface area (Å²) in [6, 6.07) is 6.14. The number of carbonyl (C=O) groups is 1. The Balaban J connectivity index is 1.70. The summed E-state index contributed by atoms with van der Waals surface area (Å²) < 4.78 is 16.6. The molecule has 3 rings (SSSR count). The highest BCUT2D eigenvalue weighted by Crippen LogP contribution is 2.29. The quantitative estimate of drug-likeness (QED) is 0.316. The Bertz CT molecular complexity index is 720. The molecule has 1 saturated heterocycles. The summed E-state index contributed by atoms with van der Waals surface area (Å²) in [5.41, 5.74) is 0.642. The second-order valence-electron chi connectivity index (χ2n) is 7.56. The van der Waals surface area contributed by atoms with Crippen molar-refractivity contribution >= 4 is 12.0 Å². The van der Waals surface area contributed by atoms with Crippen molar-refractivity contribution in [2.45, 2.75) is 68.6 Å². The molecule has 0 amide bonds. The second kappa shape index (κ2) is 10.3. The van der Waals surface area contributed by atoms with E-state index in [4.69, 9.17) is 14.2 Å². The number of aliphatic hydroxyl groups is 4. The molecule has 7 atom stereocenters. The zero-order valence-corrected chi connectivity index (χ0v) is 16.4. The van der Waals surface area contributed by atoms with Crippen molar-refractivity contribution < 1.29 is 44.5 Å². The molecule has 1 heterocycles. The van der Waals surface area contributed by atoms with Crippen molar-refractivity contribution in [2.24, 2.45) is 0 Å². The van der Waals surface area contributed by atoms with Crippen LogP contribution in [0.3, 0.4) is 0 Å². The van der Waals surface area contributed by atoms with Crippen LogP contribution in [-0.4, -0.2) is 81.0 Å². The Hall–Kier alpha value is -2.01. The predicted octanol–water partition coefficient (Wildman–Crippen LogP) is 0.0763. The predicted molar refractivity (Wildman–Crippen MR) is 104 cm³/mol. The van der Waals surface area contributed by atoms with Gasteiger partial charge in [0.05, 0.1) is 18.8 Å². The maximum absolute atomic E-state index is 12.3. The molecule has 5 N–H and O–H groups in total. The Morgan fingerprint density at radius 3 is 2.47 bits per heavy atom. The van der Waals surface area contributed by atoms with Gasteiger partial charge in [0.15, 0.2) is 12.4 Å². The number of hydrogen-bond donors (Lipinski definition) is 5. The number of phenols is 1. The lowest BCUT2D eigenvalue weighted by molar-refractivity contribution is -0.320. The number of benzene rings is 1. The van der Waals surface area contributed by atoms with Crippen LogP contribution in [0.25, 0.3) is 6.08 Å². The van der Waals surface area contributed by atoms with Crippen LogP contribution in [0.5, 0.6) is 5.75 Å². The molecule has 0 aromatic heterocycles. The Kier molecular flexibility index (Phi) is 7.81. The van der Waals surface area contributed by atoms with Crippen LogP contribution in [0, 0.1) is 0 Å². The first kappa shape index (κ1) is 22.7. The normalized spacial score (nSPS) is 34.7. The zero-order chi connectivity index (χ0) is 21.7. The van der Waals surface area contributed by atoms with Gasteiger partial charge < -0.3 is 39.7 Å². The molecule has 1 aromatic carbocycles. The topological polar surface area (TPSA) is 146 Å². The average Bonchev–Trinajstić information content (AvgIpc) is 2.74. The van der Waals surface area contributed by atoms with Crippen LogP contribution in [0.2, 0.25) is 0 Å². The summed E-state index contributed by atoms with van der Waals surface area (Å²) in [6.45, 7) is -0.563. The minimum Gasteiger partial charge on any atom is -0.508 e. The van der Waals surface area contributed by atoms with E-state index in [0.717, 1.165) is 18.9 Å². The van der Waals surface area contributed by atoms with Gasteiger partial charge in [0.25, 0.3) is 0 Å². The van der Waals surface area contributed by atoms with E-state index >= 15 is 0 Å². The molecular formula is C21H28O9. The third-order valence-electron chi connectivity index (χ3n) is 5.36. The Labute approximate surface area is 174 Å². The number of rotatable bonds is 6. The first-order chi connectivity index (χ1) is 14.4. The number of aromatic hydroxyl groups is 1. The monoisotopic (exact) mass is 424 g/mol. The van der Waals surface area contributed by atoms with Crippen LogP contribution in [-0.2, 0) is 19.0 Å². The highest BCUT2D eigenvalue weighted by atomic mass is 16.7. The number of ether oxygens (including phenoxy) is 3. The van der Waals surface area contributed by atoms with Crippen molar-refractivity contribution in [3.8, 4) is 5.75 Å². The summed E-state index contributed by atoms with van der Waals surface area (Å²) in [4.78, 5) is 12.3. The van der Waals surface area contributed by atoms with Gasteiger partial charge in [0, 0.05) is 6.08 Å². The molecular weight excluding hydrogens is 396 g/mol. The van der Waals surface area contributed by atoms with Crippen LogP contribution in [0.4, 0.5) is 0 Å². The van der Waals surface area contributed by atoms with Gasteiger partial charge in [-0.3, -0.25) is 0 Å². The average molecular weight is 424 g/mol. The molecule has 1 aliphatic heterocycles. The van der Waals surface area contributed by atoms with Crippen LogP contribution in [0.1, 0.15) is 31.2 Å². The Morgan fingerprint density at radius 1 is 1.10 bits per heavy atom. The minimum absolute atomic E-state index is 0.0921. The first-order valence-electron chi connectivity index (χ1n) is 10.0. The van der Waals surface area contributed by atoms with E-state index in [-0.39, 0.29) is 5.75 Å². The van der Waals surface area contributed by atoms with Gasteiger partial charge in [-0.05, 0) is 36.6 Å². The summed E-state index contributed by atoms with van der Waals surface area (Å²) in [6.07, 6.45) is -2.59. The fourth-order valence-electron chi connectivity index (χ4n) is 3.62. The van der Waals surface area contributed by atoms with Gasteiger partial charge in [-0.15, -0.1) is 0 Å². The van der Waals surface area contributed by atoms with E-state index in [1.165, 1.54) is 18.2 Å². The maximum Gasteiger partial charge on any atom is 0.331 e. The van der Waals surface area contributed by atoms with E-state index in [0.29, 0.717) is 18.4 Å². The van der Waals surface area contributed by atoms with Gasteiger partial charge in [-0.25, -0.2) is 4.79 Å². The molecule has 2 fully saturated rings. The molecule has 166 valence electrons. The fraction of sp³-hybridized carbons (Fsp3) is 0.571. The van der Waals surface area contributed by atoms with Gasteiger partial charge >= 0.3 is 5.97 Å². The molecule has 9 heteroatoms. The molecule has 9 nitrogen and oxygen atoms in total. The number of hydrogen-bond acceptors (Lipinski definition) is 9. The number of carbonyl (C=O) groups excluding carboxylic acids is 1. The molecule has 1 saturated carbocycles. The highest BCUT2D eigenvalue weighted by Gasteiger charge is 2.48. The third-order valence-corrected chi connectivity index (χ3v) is 5.36. The van der Waals surface area contributed by atoms with Crippen LogP contribution in [0.15, 0.2) is 30.3 Å². The molecule has 30 heavy (non-hydrogen) atoms. The fourth-order valence-corrected chi connectivity index (χ4v) is 3.62. The van der Waals surface area contributed by atoms with Gasteiger partial charge in [0.2, 0.25) is 0 Å². The van der Waals surface area contributed by atoms with Crippen molar-refractivity contribution in [3.63, 3.8) is 0 Å². The summed E-state index contributed by atoms with van der Waals surface area (Å²) in [7, 11) is 0. The second-order valence-corrected chi connectivity index (χ2v) is 7.56. The lowest BCUT2D eigenvalue weighted by Crippen LogP contribution is -2.61. The molecule has 0 bridgehead atoms. The summed E-state index contributed by atoms with van der Waals surface area (Å²) in [5.74, 6) is -0.710. The standard InChI is InChI=1S/C21H28O9/c22-11-16-18(26)19(27)20(21(29-16)28-15-4-2-1-3-14(15)24)30-17(25)10-7-12-5-8-13(23)9-6-12/h5-10,14-16,18-24,26-27H,1-4,11H2/t14-,15+,16+,18+,19-,20-,21+/m0/s1. The zero-order valence-electron chi connectivity index (χ0n) is 16.4. The number of phenolic OH excluding ortho intramolecular Hbond substituents is 1. The van der Waals surface area contributed by atoms with E-state index < -0.39 is 55.5 Å². The van der Waals surface area contributed by atoms with E-state index in [2.05, 4.69) is 0 Å². The van der Waals surface area contributed by atoms with Crippen molar-refractivity contribution in [1.29, 1.82) is 0 Å². The van der Waals surface area contributed by atoms with E-state index in [1.54, 1.807) is 12.1 Å². The summed E-state index contributed by atoms with van der Waals surface area (Å²) >= 11 is 0. The molecule has 0 spiro atoms. The highest BCUT2D eigenvalue weighted by molar-refractivity contribution is 5.87. The van der Waals surface area contributed by atoms with Crippen molar-refractivity contribution in [2.75, 3.05) is 6.61 Å².